The highest BCUT2D eigenvalue weighted by Crippen LogP contribution is 2.42. The number of alkyl halides is 3. The first-order valence-electron chi connectivity index (χ1n) is 14.1. The number of benzene rings is 2. The number of ether oxygens (including phenoxy) is 1. The van der Waals surface area contributed by atoms with Crippen molar-refractivity contribution in [2.45, 2.75) is 83.7 Å². The molecule has 0 bridgehead atoms. The van der Waals surface area contributed by atoms with Crippen LogP contribution in [0, 0.1) is 53.0 Å². The summed E-state index contributed by atoms with van der Waals surface area (Å²) in [5, 5.41) is 0. The van der Waals surface area contributed by atoms with Gasteiger partial charge in [0, 0.05) is 17.6 Å². The summed E-state index contributed by atoms with van der Waals surface area (Å²) in [4.78, 5) is 12.8. The largest absolute Gasteiger partial charge is 0.458 e. The molecule has 0 N–H and O–H groups in total. The third-order valence-electron chi connectivity index (χ3n) is 8.47. The second kappa shape index (κ2) is 13.1. The predicted molar refractivity (Wildman–Crippen MR) is 141 cm³/mol. The Morgan fingerprint density at radius 3 is 2.02 bits per heavy atom. The van der Waals surface area contributed by atoms with Gasteiger partial charge in [-0.05, 0) is 86.1 Å². The fourth-order valence-electron chi connectivity index (χ4n) is 6.24. The molecular weight excluding hydrogens is 530 g/mol. The predicted octanol–water partition coefficient (Wildman–Crippen LogP) is 9.39. The molecule has 2 aliphatic rings. The highest BCUT2D eigenvalue weighted by atomic mass is 19.4. The van der Waals surface area contributed by atoms with Gasteiger partial charge < -0.3 is 4.74 Å². The Morgan fingerprint density at radius 1 is 0.875 bits per heavy atom. The minimum absolute atomic E-state index is 0.0209. The summed E-state index contributed by atoms with van der Waals surface area (Å²) in [7, 11) is 0. The zero-order chi connectivity index (χ0) is 28.9. The molecule has 2 nitrogen and oxygen atoms in total. The Morgan fingerprint density at radius 2 is 1.48 bits per heavy atom. The Bertz CT molecular complexity index is 1220. The lowest BCUT2D eigenvalue weighted by molar-refractivity contribution is -0.140. The number of hydrogen-bond acceptors (Lipinski definition) is 2. The Balaban J connectivity index is 1.32. The zero-order valence-corrected chi connectivity index (χ0v) is 22.6. The van der Waals surface area contributed by atoms with Crippen LogP contribution in [0.25, 0.3) is 11.1 Å². The summed E-state index contributed by atoms with van der Waals surface area (Å²) in [6, 6.07) is 4.92. The number of carbonyl (C=O) groups excluding carboxylic acids is 1. The lowest BCUT2D eigenvalue weighted by Gasteiger charge is -2.37. The third kappa shape index (κ3) is 7.83. The van der Waals surface area contributed by atoms with Crippen LogP contribution in [-0.2, 0) is 4.79 Å². The minimum atomic E-state index is -4.91. The van der Waals surface area contributed by atoms with Gasteiger partial charge in [0.2, 0.25) is 0 Å². The van der Waals surface area contributed by atoms with E-state index in [0.29, 0.717) is 18.1 Å². The quantitative estimate of drug-likeness (QED) is 0.145. The van der Waals surface area contributed by atoms with Crippen molar-refractivity contribution in [2.24, 2.45) is 23.7 Å². The number of hydrogen-bond donors (Lipinski definition) is 0. The third-order valence-corrected chi connectivity index (χ3v) is 8.47. The van der Waals surface area contributed by atoms with Crippen molar-refractivity contribution < 1.29 is 35.9 Å². The molecule has 0 heterocycles. The number of unbranched alkanes of at least 4 members (excludes halogenated alkanes) is 1. The molecule has 0 radical (unpaired) electrons. The van der Waals surface area contributed by atoms with Gasteiger partial charge >= 0.3 is 12.1 Å². The van der Waals surface area contributed by atoms with E-state index in [0.717, 1.165) is 49.5 Å². The molecule has 0 unspecified atom stereocenters. The molecule has 2 aliphatic carbocycles. The topological polar surface area (TPSA) is 26.3 Å². The van der Waals surface area contributed by atoms with E-state index < -0.39 is 35.2 Å². The van der Waals surface area contributed by atoms with E-state index in [2.05, 4.69) is 6.92 Å². The molecule has 8 heteroatoms. The first-order chi connectivity index (χ1) is 19.0. The number of rotatable bonds is 7. The van der Waals surface area contributed by atoms with Gasteiger partial charge in [0.05, 0.1) is 11.5 Å². The van der Waals surface area contributed by atoms with Gasteiger partial charge in [-0.1, -0.05) is 44.9 Å². The summed E-state index contributed by atoms with van der Waals surface area (Å²) < 4.78 is 85.7. The van der Waals surface area contributed by atoms with Crippen molar-refractivity contribution in [2.75, 3.05) is 0 Å². The van der Waals surface area contributed by atoms with Gasteiger partial charge in [-0.3, -0.25) is 4.79 Å². The van der Waals surface area contributed by atoms with Gasteiger partial charge in [-0.2, -0.15) is 13.2 Å². The molecular formula is C32H34F6O2. The molecule has 0 saturated heterocycles. The van der Waals surface area contributed by atoms with Crippen molar-refractivity contribution in [3.63, 3.8) is 0 Å². The second-order valence-electron chi connectivity index (χ2n) is 11.2. The molecule has 2 fully saturated rings. The molecule has 40 heavy (non-hydrogen) atoms. The van der Waals surface area contributed by atoms with Gasteiger partial charge in [-0.15, -0.1) is 0 Å². The second-order valence-corrected chi connectivity index (χ2v) is 11.2. The Hall–Kier alpha value is -2.95. The average Bonchev–Trinajstić information content (AvgIpc) is 2.91. The molecule has 2 saturated carbocycles. The van der Waals surface area contributed by atoms with Crippen LogP contribution in [0.2, 0.25) is 0 Å². The van der Waals surface area contributed by atoms with Crippen molar-refractivity contribution in [1.29, 1.82) is 0 Å². The lowest BCUT2D eigenvalue weighted by Crippen LogP contribution is -2.30. The molecule has 0 atom stereocenters. The fourth-order valence-corrected chi connectivity index (χ4v) is 6.24. The van der Waals surface area contributed by atoms with Crippen LogP contribution >= 0.6 is 0 Å². The first kappa shape index (κ1) is 30.0. The zero-order valence-electron chi connectivity index (χ0n) is 22.6. The van der Waals surface area contributed by atoms with Gasteiger partial charge in [0.25, 0.3) is 0 Å². The van der Waals surface area contributed by atoms with E-state index >= 15 is 0 Å². The van der Waals surface area contributed by atoms with Crippen LogP contribution in [0.4, 0.5) is 26.3 Å². The van der Waals surface area contributed by atoms with Crippen LogP contribution in [0.5, 0.6) is 5.75 Å². The number of carbonyl (C=O) groups is 1. The molecule has 0 spiro atoms. The first-order valence-corrected chi connectivity index (χ1v) is 14.1. The molecule has 4 rings (SSSR count). The summed E-state index contributed by atoms with van der Waals surface area (Å²) in [5.74, 6) is 0.205. The Labute approximate surface area is 231 Å². The van der Waals surface area contributed by atoms with Crippen LogP contribution in [0.1, 0.15) is 83.1 Å². The van der Waals surface area contributed by atoms with E-state index in [-0.39, 0.29) is 22.8 Å². The van der Waals surface area contributed by atoms with E-state index in [4.69, 9.17) is 4.74 Å². The van der Waals surface area contributed by atoms with Gasteiger partial charge in [0.1, 0.15) is 23.2 Å². The van der Waals surface area contributed by atoms with Gasteiger partial charge in [-0.25, -0.2) is 13.2 Å². The fraction of sp³-hybridized carbons (Fsp3) is 0.531. The van der Waals surface area contributed by atoms with E-state index in [9.17, 15) is 31.1 Å². The van der Waals surface area contributed by atoms with Crippen molar-refractivity contribution in [1.82, 2.24) is 0 Å². The number of halogens is 6. The molecule has 216 valence electrons. The molecule has 0 aliphatic heterocycles. The average molecular weight is 565 g/mol. The Kier molecular flexibility index (Phi) is 9.86. The lowest BCUT2D eigenvalue weighted by atomic mass is 9.68. The van der Waals surface area contributed by atoms with E-state index in [1.54, 1.807) is 0 Å². The monoisotopic (exact) mass is 564 g/mol. The highest BCUT2D eigenvalue weighted by molar-refractivity contribution is 5.76. The number of esters is 1. The van der Waals surface area contributed by atoms with Crippen LogP contribution in [0.15, 0.2) is 30.3 Å². The van der Waals surface area contributed by atoms with Crippen molar-refractivity contribution in [3.05, 3.63) is 53.3 Å². The smallest absolute Gasteiger partial charge is 0.426 e. The summed E-state index contributed by atoms with van der Waals surface area (Å²) in [6.45, 7) is 2.23. The van der Waals surface area contributed by atoms with Crippen LogP contribution < -0.4 is 4.74 Å². The van der Waals surface area contributed by atoms with E-state index in [1.807, 2.05) is 0 Å². The van der Waals surface area contributed by atoms with Gasteiger partial charge in [0.15, 0.2) is 0 Å². The normalized spacial score (nSPS) is 23.3. The summed E-state index contributed by atoms with van der Waals surface area (Å²) >= 11 is 0. The maximum atomic E-state index is 14.8. The maximum Gasteiger partial charge on any atom is 0.458 e. The molecule has 0 aromatic heterocycles. The maximum absolute atomic E-state index is 14.8. The van der Waals surface area contributed by atoms with E-state index in [1.165, 1.54) is 63.0 Å². The van der Waals surface area contributed by atoms with Crippen LogP contribution in [-0.4, -0.2) is 12.1 Å². The van der Waals surface area contributed by atoms with Crippen molar-refractivity contribution in [3.8, 4) is 28.7 Å². The summed E-state index contributed by atoms with van der Waals surface area (Å²) in [5.41, 5.74) is -1.47. The van der Waals surface area contributed by atoms with Crippen molar-refractivity contribution >= 4 is 5.97 Å². The highest BCUT2D eigenvalue weighted by Gasteiger charge is 2.33. The standard InChI is InChI=1S/C32H34F6O2/c1-2-3-4-20-5-7-21(8-6-20)22-9-11-23(12-10-22)31(39)40-25-13-14-26(30(35)19-25)24-17-28(33)27(29(34)18-24)15-16-32(36,37)38/h13-14,17-23H,2-12H2,1H3. The molecule has 2 aromatic carbocycles. The molecule has 0 amide bonds. The minimum Gasteiger partial charge on any atom is -0.426 e. The SMILES string of the molecule is CCCCC1CCC(C2CCC(C(=O)Oc3ccc(-c4cc(F)c(C#CC(F)(F)F)c(F)c4)c(F)c3)CC2)CC1. The summed E-state index contributed by atoms with van der Waals surface area (Å²) in [6.07, 6.45) is 7.59. The van der Waals surface area contributed by atoms with Crippen LogP contribution in [0.3, 0.4) is 0 Å². The molecule has 2 aromatic rings.